The average molecular weight is 242 g/mol. The molecule has 0 aliphatic carbocycles. The molecule has 2 nitrogen and oxygen atoms in total. The zero-order valence-corrected chi connectivity index (χ0v) is 11.7. The first-order valence-corrected chi connectivity index (χ1v) is 6.69. The molecule has 0 atom stereocenters. The summed E-state index contributed by atoms with van der Waals surface area (Å²) in [5.41, 5.74) is 3.86. The summed E-state index contributed by atoms with van der Waals surface area (Å²) in [6.07, 6.45) is 4.93. The summed E-state index contributed by atoms with van der Waals surface area (Å²) >= 11 is 0. The number of aromatic nitrogens is 2. The van der Waals surface area contributed by atoms with E-state index in [-0.39, 0.29) is 0 Å². The lowest BCUT2D eigenvalue weighted by Crippen LogP contribution is -2.03. The van der Waals surface area contributed by atoms with E-state index in [1.807, 2.05) is 12.5 Å². The van der Waals surface area contributed by atoms with Gasteiger partial charge >= 0.3 is 0 Å². The highest BCUT2D eigenvalue weighted by Gasteiger charge is 2.07. The van der Waals surface area contributed by atoms with Gasteiger partial charge in [0.2, 0.25) is 0 Å². The summed E-state index contributed by atoms with van der Waals surface area (Å²) in [5.74, 6) is 1.23. The fourth-order valence-electron chi connectivity index (χ4n) is 2.14. The quantitative estimate of drug-likeness (QED) is 0.786. The van der Waals surface area contributed by atoms with Crippen LogP contribution in [0.15, 0.2) is 36.8 Å². The zero-order chi connectivity index (χ0) is 13.1. The topological polar surface area (TPSA) is 17.8 Å². The monoisotopic (exact) mass is 242 g/mol. The van der Waals surface area contributed by atoms with Gasteiger partial charge in [-0.15, -0.1) is 0 Å². The second kappa shape index (κ2) is 5.38. The second-order valence-electron chi connectivity index (χ2n) is 5.60. The van der Waals surface area contributed by atoms with Gasteiger partial charge in [-0.05, 0) is 36.0 Å². The first-order chi connectivity index (χ1) is 8.58. The molecular weight excluding hydrogens is 220 g/mol. The van der Waals surface area contributed by atoms with Gasteiger partial charge in [0.15, 0.2) is 0 Å². The van der Waals surface area contributed by atoms with Crippen LogP contribution in [-0.2, 0) is 6.42 Å². The van der Waals surface area contributed by atoms with Crippen molar-refractivity contribution in [2.75, 3.05) is 0 Å². The first-order valence-electron chi connectivity index (χ1n) is 6.69. The molecular formula is C16H22N2. The number of imidazole rings is 1. The molecule has 2 rings (SSSR count). The van der Waals surface area contributed by atoms with Gasteiger partial charge in [-0.1, -0.05) is 39.8 Å². The second-order valence-corrected chi connectivity index (χ2v) is 5.60. The number of rotatable bonds is 4. The van der Waals surface area contributed by atoms with Crippen LogP contribution >= 0.6 is 0 Å². The van der Waals surface area contributed by atoms with Crippen molar-refractivity contribution in [2.24, 2.45) is 5.92 Å². The SMILES string of the molecule is CC(C)Cc1cncn1-c1ccc(C(C)C)cc1. The van der Waals surface area contributed by atoms with E-state index in [4.69, 9.17) is 0 Å². The smallest absolute Gasteiger partial charge is 0.0994 e. The van der Waals surface area contributed by atoms with Gasteiger partial charge in [0.05, 0.1) is 6.33 Å². The van der Waals surface area contributed by atoms with Crippen LogP contribution in [0.25, 0.3) is 5.69 Å². The highest BCUT2D eigenvalue weighted by Crippen LogP contribution is 2.19. The Hall–Kier alpha value is -1.57. The molecule has 0 saturated heterocycles. The van der Waals surface area contributed by atoms with Crippen LogP contribution in [0.3, 0.4) is 0 Å². The third kappa shape index (κ3) is 2.81. The molecule has 18 heavy (non-hydrogen) atoms. The van der Waals surface area contributed by atoms with E-state index in [1.165, 1.54) is 16.9 Å². The molecule has 0 unspecified atom stereocenters. The molecule has 1 heterocycles. The molecule has 0 aliphatic heterocycles. The Bertz CT molecular complexity index is 492. The fraction of sp³-hybridized carbons (Fsp3) is 0.438. The van der Waals surface area contributed by atoms with Crippen molar-refractivity contribution in [1.29, 1.82) is 0 Å². The lowest BCUT2D eigenvalue weighted by molar-refractivity contribution is 0.627. The van der Waals surface area contributed by atoms with Gasteiger partial charge in [-0.25, -0.2) is 4.98 Å². The van der Waals surface area contributed by atoms with Crippen molar-refractivity contribution in [3.05, 3.63) is 48.0 Å². The Morgan fingerprint density at radius 1 is 1.06 bits per heavy atom. The third-order valence-electron chi connectivity index (χ3n) is 3.17. The van der Waals surface area contributed by atoms with Gasteiger partial charge in [0.25, 0.3) is 0 Å². The number of benzene rings is 1. The molecule has 0 aliphatic rings. The van der Waals surface area contributed by atoms with Crippen LogP contribution in [-0.4, -0.2) is 9.55 Å². The Morgan fingerprint density at radius 3 is 2.28 bits per heavy atom. The summed E-state index contributed by atoms with van der Waals surface area (Å²) in [5, 5.41) is 0. The summed E-state index contributed by atoms with van der Waals surface area (Å²) in [6, 6.07) is 8.78. The first kappa shape index (κ1) is 12.9. The predicted octanol–water partition coefficient (Wildman–Crippen LogP) is 4.19. The molecule has 0 amide bonds. The lowest BCUT2D eigenvalue weighted by Gasteiger charge is -2.11. The number of hydrogen-bond acceptors (Lipinski definition) is 1. The summed E-state index contributed by atoms with van der Waals surface area (Å²) in [7, 11) is 0. The van der Waals surface area contributed by atoms with E-state index in [9.17, 15) is 0 Å². The largest absolute Gasteiger partial charge is 0.303 e. The highest BCUT2D eigenvalue weighted by atomic mass is 15.0. The Balaban J connectivity index is 2.28. The molecule has 1 aromatic carbocycles. The summed E-state index contributed by atoms with van der Waals surface area (Å²) < 4.78 is 2.18. The van der Waals surface area contributed by atoms with Crippen LogP contribution in [0.4, 0.5) is 0 Å². The van der Waals surface area contributed by atoms with Crippen LogP contribution in [0.2, 0.25) is 0 Å². The normalized spacial score (nSPS) is 11.4. The van der Waals surface area contributed by atoms with Gasteiger partial charge < -0.3 is 4.57 Å². The van der Waals surface area contributed by atoms with Crippen molar-refractivity contribution >= 4 is 0 Å². The Labute approximate surface area is 110 Å². The predicted molar refractivity (Wildman–Crippen MR) is 76.2 cm³/mol. The van der Waals surface area contributed by atoms with Gasteiger partial charge in [-0.2, -0.15) is 0 Å². The molecule has 0 fully saturated rings. The lowest BCUT2D eigenvalue weighted by atomic mass is 10.0. The maximum Gasteiger partial charge on any atom is 0.0994 e. The van der Waals surface area contributed by atoms with Gasteiger partial charge in [0.1, 0.15) is 0 Å². The van der Waals surface area contributed by atoms with Crippen LogP contribution in [0.5, 0.6) is 0 Å². The molecule has 1 aromatic heterocycles. The standard InChI is InChI=1S/C16H22N2/c1-12(2)9-16-10-17-11-18(16)15-7-5-14(6-8-15)13(3)4/h5-8,10-13H,9H2,1-4H3. The molecule has 0 N–H and O–H groups in total. The van der Waals surface area contributed by atoms with Crippen molar-refractivity contribution in [2.45, 2.75) is 40.0 Å². The Kier molecular flexibility index (Phi) is 3.85. The van der Waals surface area contributed by atoms with Crippen molar-refractivity contribution in [3.8, 4) is 5.69 Å². The van der Waals surface area contributed by atoms with Crippen molar-refractivity contribution in [1.82, 2.24) is 9.55 Å². The molecule has 0 radical (unpaired) electrons. The molecule has 2 heteroatoms. The van der Waals surface area contributed by atoms with E-state index in [2.05, 4.69) is 61.5 Å². The van der Waals surface area contributed by atoms with Crippen LogP contribution in [0.1, 0.15) is 44.9 Å². The van der Waals surface area contributed by atoms with E-state index in [0.717, 1.165) is 6.42 Å². The summed E-state index contributed by atoms with van der Waals surface area (Å²) in [6.45, 7) is 8.91. The molecule has 0 saturated carbocycles. The van der Waals surface area contributed by atoms with E-state index in [0.29, 0.717) is 11.8 Å². The van der Waals surface area contributed by atoms with Crippen LogP contribution in [0, 0.1) is 5.92 Å². The summed E-state index contributed by atoms with van der Waals surface area (Å²) in [4.78, 5) is 4.27. The minimum atomic E-state index is 0.581. The molecule has 0 bridgehead atoms. The minimum absolute atomic E-state index is 0.581. The van der Waals surface area contributed by atoms with Gasteiger partial charge in [0, 0.05) is 17.6 Å². The maximum absolute atomic E-state index is 4.27. The number of hydrogen-bond donors (Lipinski definition) is 0. The third-order valence-corrected chi connectivity index (χ3v) is 3.17. The van der Waals surface area contributed by atoms with Gasteiger partial charge in [-0.3, -0.25) is 0 Å². The van der Waals surface area contributed by atoms with E-state index >= 15 is 0 Å². The Morgan fingerprint density at radius 2 is 1.72 bits per heavy atom. The minimum Gasteiger partial charge on any atom is -0.303 e. The average Bonchev–Trinajstić information content (AvgIpc) is 2.76. The number of nitrogens with zero attached hydrogens (tertiary/aromatic N) is 2. The van der Waals surface area contributed by atoms with E-state index < -0.39 is 0 Å². The van der Waals surface area contributed by atoms with Crippen molar-refractivity contribution in [3.63, 3.8) is 0 Å². The maximum atomic E-state index is 4.27. The molecule has 2 aromatic rings. The fourth-order valence-corrected chi connectivity index (χ4v) is 2.14. The van der Waals surface area contributed by atoms with Crippen LogP contribution < -0.4 is 0 Å². The molecule has 0 spiro atoms. The highest BCUT2D eigenvalue weighted by molar-refractivity contribution is 5.37. The van der Waals surface area contributed by atoms with E-state index in [1.54, 1.807) is 0 Å². The zero-order valence-electron chi connectivity index (χ0n) is 11.7. The van der Waals surface area contributed by atoms with Crippen molar-refractivity contribution < 1.29 is 0 Å². The molecule has 96 valence electrons.